The van der Waals surface area contributed by atoms with Gasteiger partial charge in [0.25, 0.3) is 0 Å². The third kappa shape index (κ3) is 6.56. The van der Waals surface area contributed by atoms with Crippen LogP contribution in [0.5, 0.6) is 0 Å². The van der Waals surface area contributed by atoms with Crippen LogP contribution < -0.4 is 10.0 Å². The molecule has 0 unspecified atom stereocenters. The monoisotopic (exact) mass is 448 g/mol. The summed E-state index contributed by atoms with van der Waals surface area (Å²) in [6.07, 6.45) is 6.02. The molecule has 2 N–H and O–H groups in total. The molecule has 0 aromatic heterocycles. The number of halogens is 1. The summed E-state index contributed by atoms with van der Waals surface area (Å²) in [6, 6.07) is 14.1. The smallest absolute Gasteiger partial charge is 0.240 e. The Kier molecular flexibility index (Phi) is 7.92. The number of amides is 1. The second-order valence-electron chi connectivity index (χ2n) is 7.94. The number of sulfonamides is 1. The van der Waals surface area contributed by atoms with Gasteiger partial charge in [0.15, 0.2) is 0 Å². The summed E-state index contributed by atoms with van der Waals surface area (Å²) >= 11 is 5.90. The van der Waals surface area contributed by atoms with Crippen molar-refractivity contribution in [2.75, 3.05) is 0 Å². The van der Waals surface area contributed by atoms with Crippen LogP contribution in [-0.2, 0) is 21.2 Å². The highest BCUT2D eigenvalue weighted by molar-refractivity contribution is 7.89. The molecule has 1 saturated carbocycles. The fraction of sp³-hybridized carbons (Fsp3) is 0.435. The van der Waals surface area contributed by atoms with Gasteiger partial charge in [-0.1, -0.05) is 55.1 Å². The number of nitrogens with one attached hydrogen (secondary N) is 2. The summed E-state index contributed by atoms with van der Waals surface area (Å²) in [5.74, 6) is -0.0480. The minimum Gasteiger partial charge on any atom is -0.350 e. The van der Waals surface area contributed by atoms with Crippen LogP contribution in [0, 0.1) is 0 Å². The Morgan fingerprint density at radius 3 is 2.30 bits per heavy atom. The van der Waals surface area contributed by atoms with E-state index in [0.29, 0.717) is 17.9 Å². The van der Waals surface area contributed by atoms with E-state index in [4.69, 9.17) is 11.6 Å². The lowest BCUT2D eigenvalue weighted by Gasteiger charge is -2.22. The van der Waals surface area contributed by atoms with Crippen molar-refractivity contribution in [1.82, 2.24) is 10.0 Å². The molecule has 0 aliphatic heterocycles. The fourth-order valence-electron chi connectivity index (χ4n) is 3.75. The summed E-state index contributed by atoms with van der Waals surface area (Å²) < 4.78 is 28.0. The molecule has 1 amide bonds. The molecule has 1 aliphatic carbocycles. The first-order valence-electron chi connectivity index (χ1n) is 10.5. The van der Waals surface area contributed by atoms with Crippen LogP contribution in [-0.4, -0.2) is 20.4 Å². The van der Waals surface area contributed by atoms with Crippen LogP contribution in [0.3, 0.4) is 0 Å². The Balaban J connectivity index is 1.50. The molecule has 2 aromatic carbocycles. The number of carbonyl (C=O) groups is 1. The second-order valence-corrected chi connectivity index (χ2v) is 10.1. The molecule has 162 valence electrons. The van der Waals surface area contributed by atoms with Crippen LogP contribution in [0.2, 0.25) is 5.02 Å². The number of benzene rings is 2. The van der Waals surface area contributed by atoms with Gasteiger partial charge in [-0.3, -0.25) is 4.79 Å². The van der Waals surface area contributed by atoms with Crippen molar-refractivity contribution >= 4 is 27.5 Å². The highest BCUT2D eigenvalue weighted by atomic mass is 35.5. The molecule has 0 saturated heterocycles. The molecule has 0 heterocycles. The van der Waals surface area contributed by atoms with Gasteiger partial charge in [0, 0.05) is 17.5 Å². The topological polar surface area (TPSA) is 75.3 Å². The van der Waals surface area contributed by atoms with E-state index in [9.17, 15) is 13.2 Å². The van der Waals surface area contributed by atoms with Gasteiger partial charge >= 0.3 is 0 Å². The molecule has 5 nitrogen and oxygen atoms in total. The summed E-state index contributed by atoms with van der Waals surface area (Å²) in [4.78, 5) is 12.5. The van der Waals surface area contributed by atoms with E-state index in [1.807, 2.05) is 19.1 Å². The molecular formula is C23H29ClN2O3S. The summed E-state index contributed by atoms with van der Waals surface area (Å²) in [5, 5.41) is 3.64. The minimum absolute atomic E-state index is 0.0368. The van der Waals surface area contributed by atoms with Crippen molar-refractivity contribution in [2.24, 2.45) is 0 Å². The zero-order valence-electron chi connectivity index (χ0n) is 17.2. The first-order valence-corrected chi connectivity index (χ1v) is 12.4. The van der Waals surface area contributed by atoms with Crippen molar-refractivity contribution < 1.29 is 13.2 Å². The average molecular weight is 449 g/mol. The summed E-state index contributed by atoms with van der Waals surface area (Å²) in [6.45, 7) is 1.93. The van der Waals surface area contributed by atoms with E-state index in [2.05, 4.69) is 10.0 Å². The van der Waals surface area contributed by atoms with Crippen molar-refractivity contribution in [2.45, 2.75) is 68.8 Å². The normalized spacial score (nSPS) is 16.2. The third-order valence-corrected chi connectivity index (χ3v) is 7.34. The second kappa shape index (κ2) is 10.4. The Morgan fingerprint density at radius 1 is 1.03 bits per heavy atom. The quantitative estimate of drug-likeness (QED) is 0.611. The minimum atomic E-state index is -3.50. The molecule has 30 heavy (non-hydrogen) atoms. The third-order valence-electron chi connectivity index (χ3n) is 5.55. The molecule has 3 rings (SSSR count). The predicted molar refractivity (Wildman–Crippen MR) is 120 cm³/mol. The van der Waals surface area contributed by atoms with Gasteiger partial charge in [0.1, 0.15) is 0 Å². The van der Waals surface area contributed by atoms with Gasteiger partial charge in [0.05, 0.1) is 10.9 Å². The van der Waals surface area contributed by atoms with Gasteiger partial charge in [-0.15, -0.1) is 0 Å². The van der Waals surface area contributed by atoms with E-state index in [-0.39, 0.29) is 22.9 Å². The zero-order valence-corrected chi connectivity index (χ0v) is 18.8. The van der Waals surface area contributed by atoms with E-state index in [1.165, 1.54) is 6.42 Å². The number of carbonyl (C=O) groups excluding carboxylic acids is 1. The first kappa shape index (κ1) is 22.8. The van der Waals surface area contributed by atoms with Crippen LogP contribution in [0.25, 0.3) is 0 Å². The van der Waals surface area contributed by atoms with Gasteiger partial charge in [-0.05, 0) is 61.6 Å². The highest BCUT2D eigenvalue weighted by Crippen LogP contribution is 2.20. The van der Waals surface area contributed by atoms with Gasteiger partial charge in [-0.2, -0.15) is 0 Å². The lowest BCUT2D eigenvalue weighted by atomic mass is 9.96. The summed E-state index contributed by atoms with van der Waals surface area (Å²) in [7, 11) is -3.50. The molecule has 7 heteroatoms. The fourth-order valence-corrected chi connectivity index (χ4v) is 5.18. The van der Waals surface area contributed by atoms with E-state index in [1.54, 1.807) is 36.4 Å². The maximum absolute atomic E-state index is 12.6. The maximum atomic E-state index is 12.6. The zero-order chi connectivity index (χ0) is 21.6. The molecule has 1 atom stereocenters. The predicted octanol–water partition coefficient (Wildman–Crippen LogP) is 4.76. The Morgan fingerprint density at radius 2 is 1.67 bits per heavy atom. The molecule has 1 aliphatic rings. The standard InChI is InChI=1S/C23H29ClN2O3S/c1-17(19-10-12-20(24)13-11-19)25-23(27)16-9-18-7-14-22(15-8-18)30(28,29)26-21-5-3-2-4-6-21/h7-8,10-15,17,21,26H,2-6,9,16H2,1H3,(H,25,27)/t17-/m0/s1. The lowest BCUT2D eigenvalue weighted by molar-refractivity contribution is -0.121. The van der Waals surface area contributed by atoms with Crippen LogP contribution >= 0.6 is 11.6 Å². The molecule has 2 aromatic rings. The Bertz CT molecular complexity index is 937. The molecular weight excluding hydrogens is 420 g/mol. The van der Waals surface area contributed by atoms with Crippen molar-refractivity contribution in [1.29, 1.82) is 0 Å². The number of hydrogen-bond donors (Lipinski definition) is 2. The highest BCUT2D eigenvalue weighted by Gasteiger charge is 2.21. The van der Waals surface area contributed by atoms with Crippen LogP contribution in [0.15, 0.2) is 53.4 Å². The largest absolute Gasteiger partial charge is 0.350 e. The molecule has 1 fully saturated rings. The molecule has 0 spiro atoms. The lowest BCUT2D eigenvalue weighted by Crippen LogP contribution is -2.36. The van der Waals surface area contributed by atoms with E-state index < -0.39 is 10.0 Å². The maximum Gasteiger partial charge on any atom is 0.240 e. The van der Waals surface area contributed by atoms with Crippen molar-refractivity contribution in [3.05, 3.63) is 64.7 Å². The van der Waals surface area contributed by atoms with Crippen LogP contribution in [0.4, 0.5) is 0 Å². The number of aryl methyl sites for hydroxylation is 1. The SMILES string of the molecule is C[C@H](NC(=O)CCc1ccc(S(=O)(=O)NC2CCCCC2)cc1)c1ccc(Cl)cc1. The summed E-state index contributed by atoms with van der Waals surface area (Å²) in [5.41, 5.74) is 1.92. The molecule has 0 bridgehead atoms. The number of rotatable bonds is 8. The average Bonchev–Trinajstić information content (AvgIpc) is 2.73. The van der Waals surface area contributed by atoms with E-state index >= 15 is 0 Å². The van der Waals surface area contributed by atoms with Crippen LogP contribution in [0.1, 0.15) is 62.6 Å². The van der Waals surface area contributed by atoms with E-state index in [0.717, 1.165) is 36.8 Å². The van der Waals surface area contributed by atoms with Crippen molar-refractivity contribution in [3.63, 3.8) is 0 Å². The first-order chi connectivity index (χ1) is 14.3. The van der Waals surface area contributed by atoms with Gasteiger partial charge in [0.2, 0.25) is 15.9 Å². The van der Waals surface area contributed by atoms with Gasteiger partial charge < -0.3 is 5.32 Å². The van der Waals surface area contributed by atoms with Crippen molar-refractivity contribution in [3.8, 4) is 0 Å². The molecule has 0 radical (unpaired) electrons. The Hall–Kier alpha value is -1.89. The van der Waals surface area contributed by atoms with Gasteiger partial charge in [-0.25, -0.2) is 13.1 Å². The Labute approximate surface area is 184 Å². The number of hydrogen-bond acceptors (Lipinski definition) is 3.